The van der Waals surface area contributed by atoms with Gasteiger partial charge in [0.2, 0.25) is 0 Å². The van der Waals surface area contributed by atoms with E-state index in [2.05, 4.69) is 5.32 Å². The molecule has 2 nitrogen and oxygen atoms in total. The van der Waals surface area contributed by atoms with Crippen LogP contribution in [0.5, 0.6) is 0 Å². The van der Waals surface area contributed by atoms with Crippen molar-refractivity contribution >= 4 is 5.69 Å². The summed E-state index contributed by atoms with van der Waals surface area (Å²) >= 11 is 0. The normalized spacial score (nSPS) is 20.7. The molecule has 0 radical (unpaired) electrons. The van der Waals surface area contributed by atoms with E-state index in [9.17, 15) is 4.39 Å². The summed E-state index contributed by atoms with van der Waals surface area (Å²) in [6.07, 6.45) is 4.40. The molecule has 0 saturated carbocycles. The van der Waals surface area contributed by atoms with Crippen LogP contribution in [0.3, 0.4) is 0 Å². The molecule has 0 aromatic heterocycles. The first-order chi connectivity index (χ1) is 7.25. The average molecular weight is 208 g/mol. The maximum Gasteiger partial charge on any atom is 0.123 e. The number of aryl methyl sites for hydroxylation is 1. The Morgan fingerprint density at radius 1 is 1.47 bits per heavy atom. The lowest BCUT2D eigenvalue weighted by molar-refractivity contribution is 0.557. The predicted octanol–water partition coefficient (Wildman–Crippen LogP) is 2.09. The molecule has 3 N–H and O–H groups in total. The number of nitrogen functional groups attached to an aromatic ring is 1. The van der Waals surface area contributed by atoms with Crippen molar-refractivity contribution < 1.29 is 4.39 Å². The van der Waals surface area contributed by atoms with E-state index in [1.54, 1.807) is 12.1 Å². The van der Waals surface area contributed by atoms with E-state index in [0.29, 0.717) is 11.7 Å². The highest BCUT2D eigenvalue weighted by Gasteiger charge is 2.14. The zero-order valence-corrected chi connectivity index (χ0v) is 8.80. The van der Waals surface area contributed by atoms with Gasteiger partial charge < -0.3 is 11.1 Å². The van der Waals surface area contributed by atoms with E-state index in [1.807, 2.05) is 0 Å². The third-order valence-electron chi connectivity index (χ3n) is 3.03. The third kappa shape index (κ3) is 2.69. The fraction of sp³-hybridized carbons (Fsp3) is 0.500. The van der Waals surface area contributed by atoms with Crippen molar-refractivity contribution in [1.29, 1.82) is 0 Å². The van der Waals surface area contributed by atoms with Crippen LogP contribution in [0.4, 0.5) is 10.1 Å². The molecule has 1 fully saturated rings. The quantitative estimate of drug-likeness (QED) is 0.746. The van der Waals surface area contributed by atoms with Crippen LogP contribution < -0.4 is 11.1 Å². The highest BCUT2D eigenvalue weighted by atomic mass is 19.1. The molecule has 1 aliphatic rings. The van der Waals surface area contributed by atoms with E-state index in [0.717, 1.165) is 24.9 Å². The molecule has 1 aromatic rings. The number of halogens is 1. The van der Waals surface area contributed by atoms with Crippen LogP contribution in [0.1, 0.15) is 24.8 Å². The van der Waals surface area contributed by atoms with E-state index >= 15 is 0 Å². The van der Waals surface area contributed by atoms with Gasteiger partial charge in [0.15, 0.2) is 0 Å². The smallest absolute Gasteiger partial charge is 0.123 e. The second-order valence-electron chi connectivity index (χ2n) is 4.18. The van der Waals surface area contributed by atoms with Gasteiger partial charge in [0, 0.05) is 11.7 Å². The molecular formula is C12H17FN2. The van der Waals surface area contributed by atoms with Gasteiger partial charge in [-0.1, -0.05) is 0 Å². The van der Waals surface area contributed by atoms with Crippen molar-refractivity contribution in [3.05, 3.63) is 29.6 Å². The van der Waals surface area contributed by atoms with Crippen LogP contribution in [0.15, 0.2) is 18.2 Å². The fourth-order valence-electron chi connectivity index (χ4n) is 2.12. The number of benzene rings is 1. The average Bonchev–Trinajstić information content (AvgIpc) is 2.72. The molecule has 82 valence electrons. The Hall–Kier alpha value is -1.09. The first-order valence-corrected chi connectivity index (χ1v) is 5.53. The number of rotatable bonds is 3. The summed E-state index contributed by atoms with van der Waals surface area (Å²) in [6, 6.07) is 5.19. The molecular weight excluding hydrogens is 191 g/mol. The summed E-state index contributed by atoms with van der Waals surface area (Å²) in [5.41, 5.74) is 7.42. The number of hydrogen-bond donors (Lipinski definition) is 2. The van der Waals surface area contributed by atoms with Gasteiger partial charge in [0.05, 0.1) is 0 Å². The molecule has 1 atom stereocenters. The number of anilines is 1. The van der Waals surface area contributed by atoms with Crippen molar-refractivity contribution in [3.8, 4) is 0 Å². The summed E-state index contributed by atoms with van der Waals surface area (Å²) in [7, 11) is 0. The van der Waals surface area contributed by atoms with E-state index in [-0.39, 0.29) is 5.82 Å². The molecule has 2 rings (SSSR count). The lowest BCUT2D eigenvalue weighted by Gasteiger charge is -2.11. The molecule has 0 amide bonds. The van der Waals surface area contributed by atoms with Crippen LogP contribution in [-0.4, -0.2) is 12.6 Å². The Morgan fingerprint density at radius 3 is 3.07 bits per heavy atom. The largest absolute Gasteiger partial charge is 0.399 e. The van der Waals surface area contributed by atoms with Crippen molar-refractivity contribution in [2.75, 3.05) is 12.3 Å². The summed E-state index contributed by atoms with van der Waals surface area (Å²) in [5.74, 6) is -0.196. The molecule has 3 heteroatoms. The zero-order chi connectivity index (χ0) is 10.7. The molecule has 0 aliphatic carbocycles. The first-order valence-electron chi connectivity index (χ1n) is 5.53. The van der Waals surface area contributed by atoms with Gasteiger partial charge in [0.1, 0.15) is 5.82 Å². The summed E-state index contributed by atoms with van der Waals surface area (Å²) in [5, 5.41) is 3.43. The molecule has 0 bridgehead atoms. The molecule has 0 spiro atoms. The number of nitrogens with one attached hydrogen (secondary N) is 1. The highest BCUT2D eigenvalue weighted by Crippen LogP contribution is 2.18. The highest BCUT2D eigenvalue weighted by molar-refractivity contribution is 5.46. The topological polar surface area (TPSA) is 38.0 Å². The molecule has 15 heavy (non-hydrogen) atoms. The van der Waals surface area contributed by atoms with Gasteiger partial charge in [-0.2, -0.15) is 0 Å². The Morgan fingerprint density at radius 2 is 2.33 bits per heavy atom. The monoisotopic (exact) mass is 208 g/mol. The Kier molecular flexibility index (Phi) is 3.21. The Balaban J connectivity index is 1.94. The van der Waals surface area contributed by atoms with Crippen molar-refractivity contribution in [2.45, 2.75) is 31.7 Å². The third-order valence-corrected chi connectivity index (χ3v) is 3.03. The van der Waals surface area contributed by atoms with Crippen molar-refractivity contribution in [2.24, 2.45) is 0 Å². The maximum atomic E-state index is 13.0. The van der Waals surface area contributed by atoms with Crippen molar-refractivity contribution in [1.82, 2.24) is 5.32 Å². The fourth-order valence-corrected chi connectivity index (χ4v) is 2.12. The van der Waals surface area contributed by atoms with Gasteiger partial charge in [-0.15, -0.1) is 0 Å². The Labute approximate surface area is 89.7 Å². The maximum absolute atomic E-state index is 13.0. The van der Waals surface area contributed by atoms with E-state index in [1.165, 1.54) is 18.9 Å². The standard InChI is InChI=1S/C12H17FN2/c13-10-4-6-12(14)9(8-10)3-5-11-2-1-7-15-11/h4,6,8,11,15H,1-3,5,7,14H2. The van der Waals surface area contributed by atoms with E-state index < -0.39 is 0 Å². The minimum atomic E-state index is -0.196. The minimum Gasteiger partial charge on any atom is -0.399 e. The summed E-state index contributed by atoms with van der Waals surface area (Å²) in [6.45, 7) is 1.11. The molecule has 1 heterocycles. The van der Waals surface area contributed by atoms with E-state index in [4.69, 9.17) is 5.73 Å². The van der Waals surface area contributed by atoms with Crippen LogP contribution in [0, 0.1) is 5.82 Å². The molecule has 1 saturated heterocycles. The minimum absolute atomic E-state index is 0.196. The van der Waals surface area contributed by atoms with Crippen LogP contribution in [0.25, 0.3) is 0 Å². The summed E-state index contributed by atoms with van der Waals surface area (Å²) < 4.78 is 13.0. The molecule has 1 unspecified atom stereocenters. The van der Waals surface area contributed by atoms with Crippen LogP contribution in [-0.2, 0) is 6.42 Å². The lowest BCUT2D eigenvalue weighted by atomic mass is 10.0. The van der Waals surface area contributed by atoms with Gasteiger partial charge in [0.25, 0.3) is 0 Å². The predicted molar refractivity (Wildman–Crippen MR) is 60.2 cm³/mol. The van der Waals surface area contributed by atoms with Crippen LogP contribution in [0.2, 0.25) is 0 Å². The second kappa shape index (κ2) is 4.62. The van der Waals surface area contributed by atoms with Gasteiger partial charge >= 0.3 is 0 Å². The lowest BCUT2D eigenvalue weighted by Crippen LogP contribution is -2.21. The van der Waals surface area contributed by atoms with Crippen molar-refractivity contribution in [3.63, 3.8) is 0 Å². The second-order valence-corrected chi connectivity index (χ2v) is 4.18. The number of hydrogen-bond acceptors (Lipinski definition) is 2. The Bertz CT molecular complexity index is 332. The zero-order valence-electron chi connectivity index (χ0n) is 8.80. The van der Waals surface area contributed by atoms with Crippen LogP contribution >= 0.6 is 0 Å². The summed E-state index contributed by atoms with van der Waals surface area (Å²) in [4.78, 5) is 0. The molecule has 1 aliphatic heterocycles. The van der Waals surface area contributed by atoms with Gasteiger partial charge in [-0.3, -0.25) is 0 Å². The van der Waals surface area contributed by atoms with Gasteiger partial charge in [-0.05, 0) is 56.0 Å². The molecule has 1 aromatic carbocycles. The number of nitrogens with two attached hydrogens (primary N) is 1. The SMILES string of the molecule is Nc1ccc(F)cc1CCC1CCCN1. The van der Waals surface area contributed by atoms with Gasteiger partial charge in [-0.25, -0.2) is 4.39 Å². The first kappa shape index (κ1) is 10.4.